The van der Waals surface area contributed by atoms with Crippen LogP contribution in [0.25, 0.3) is 0 Å². The monoisotopic (exact) mass is 251 g/mol. The summed E-state index contributed by atoms with van der Waals surface area (Å²) in [5.41, 5.74) is 1.17. The summed E-state index contributed by atoms with van der Waals surface area (Å²) in [6, 6.07) is 7.48. The van der Waals surface area contributed by atoms with Crippen LogP contribution in [-0.2, 0) is 6.42 Å². The van der Waals surface area contributed by atoms with E-state index in [-0.39, 0.29) is 12.1 Å². The Balaban J connectivity index is 0.000000771. The number of likely N-dealkylation sites (tertiary alicyclic amines) is 1. The molecule has 1 fully saturated rings. The number of rotatable bonds is 3. The molecule has 2 N–H and O–H groups in total. The number of aromatic hydroxyl groups is 1. The van der Waals surface area contributed by atoms with Crippen LogP contribution < -0.4 is 0 Å². The number of hydrogen-bond acceptors (Lipinski definition) is 3. The SMILES string of the molecule is CC.CCN1CCC(O)C1Cc1ccc(O)cc1. The molecule has 1 aromatic rings. The average Bonchev–Trinajstić information content (AvgIpc) is 2.76. The van der Waals surface area contributed by atoms with Crippen LogP contribution in [0.4, 0.5) is 0 Å². The molecule has 3 heteroatoms. The van der Waals surface area contributed by atoms with Crippen LogP contribution in [-0.4, -0.2) is 40.3 Å². The van der Waals surface area contributed by atoms with E-state index in [2.05, 4.69) is 11.8 Å². The predicted molar refractivity (Wildman–Crippen MR) is 74.8 cm³/mol. The van der Waals surface area contributed by atoms with Gasteiger partial charge in [0.2, 0.25) is 0 Å². The quantitative estimate of drug-likeness (QED) is 0.867. The minimum Gasteiger partial charge on any atom is -0.508 e. The van der Waals surface area contributed by atoms with Crippen molar-refractivity contribution < 1.29 is 10.2 Å². The third kappa shape index (κ3) is 3.72. The highest BCUT2D eigenvalue weighted by Gasteiger charge is 2.31. The van der Waals surface area contributed by atoms with E-state index >= 15 is 0 Å². The summed E-state index contributed by atoms with van der Waals surface area (Å²) in [5, 5.41) is 19.1. The molecule has 1 saturated heterocycles. The van der Waals surface area contributed by atoms with Gasteiger partial charge in [-0.2, -0.15) is 0 Å². The van der Waals surface area contributed by atoms with Gasteiger partial charge in [-0.3, -0.25) is 4.90 Å². The average molecular weight is 251 g/mol. The maximum Gasteiger partial charge on any atom is 0.115 e. The molecule has 0 aromatic heterocycles. The standard InChI is InChI=1S/C13H19NO2.C2H6/c1-2-14-8-7-13(16)12(14)9-10-3-5-11(15)6-4-10;1-2/h3-6,12-13,15-16H,2,7-9H2,1H3;1-2H3. The number of aliphatic hydroxyl groups excluding tert-OH is 1. The van der Waals surface area contributed by atoms with Crippen LogP contribution in [0.1, 0.15) is 32.8 Å². The van der Waals surface area contributed by atoms with Gasteiger partial charge in [-0.05, 0) is 37.1 Å². The summed E-state index contributed by atoms with van der Waals surface area (Å²) >= 11 is 0. The Hall–Kier alpha value is -1.06. The lowest BCUT2D eigenvalue weighted by Gasteiger charge is -2.24. The van der Waals surface area contributed by atoms with Crippen molar-refractivity contribution in [1.82, 2.24) is 4.90 Å². The van der Waals surface area contributed by atoms with Crippen molar-refractivity contribution in [3.8, 4) is 5.75 Å². The van der Waals surface area contributed by atoms with Gasteiger partial charge in [0.25, 0.3) is 0 Å². The second-order valence-electron chi connectivity index (χ2n) is 4.42. The Bertz CT molecular complexity index is 337. The molecule has 0 spiro atoms. The minimum atomic E-state index is -0.214. The number of benzene rings is 1. The lowest BCUT2D eigenvalue weighted by Crippen LogP contribution is -2.36. The topological polar surface area (TPSA) is 43.7 Å². The smallest absolute Gasteiger partial charge is 0.115 e. The molecular weight excluding hydrogens is 226 g/mol. The van der Waals surface area contributed by atoms with Crippen LogP contribution in [0.3, 0.4) is 0 Å². The molecule has 2 unspecified atom stereocenters. The number of hydrogen-bond donors (Lipinski definition) is 2. The van der Waals surface area contributed by atoms with E-state index in [0.29, 0.717) is 5.75 Å². The summed E-state index contributed by atoms with van der Waals surface area (Å²) in [6.45, 7) is 8.10. The van der Waals surface area contributed by atoms with Gasteiger partial charge >= 0.3 is 0 Å². The number of likely N-dealkylation sites (N-methyl/N-ethyl adjacent to an activating group) is 1. The summed E-state index contributed by atoms with van der Waals surface area (Å²) in [4.78, 5) is 2.32. The molecule has 102 valence electrons. The number of phenols is 1. The molecule has 1 heterocycles. The highest BCUT2D eigenvalue weighted by atomic mass is 16.3. The third-order valence-electron chi connectivity index (χ3n) is 3.41. The first kappa shape index (κ1) is 15.0. The van der Waals surface area contributed by atoms with Crippen molar-refractivity contribution in [3.63, 3.8) is 0 Å². The second-order valence-corrected chi connectivity index (χ2v) is 4.42. The van der Waals surface area contributed by atoms with Crippen LogP contribution in [0, 0.1) is 0 Å². The fourth-order valence-corrected chi connectivity index (χ4v) is 2.43. The predicted octanol–water partition coefficient (Wildman–Crippen LogP) is 2.42. The Morgan fingerprint density at radius 3 is 2.39 bits per heavy atom. The molecule has 0 amide bonds. The highest BCUT2D eigenvalue weighted by Crippen LogP contribution is 2.22. The highest BCUT2D eigenvalue weighted by molar-refractivity contribution is 5.26. The summed E-state index contributed by atoms with van der Waals surface area (Å²) in [6.07, 6.45) is 1.51. The van der Waals surface area contributed by atoms with Crippen LogP contribution >= 0.6 is 0 Å². The fourth-order valence-electron chi connectivity index (χ4n) is 2.43. The Labute approximate surface area is 110 Å². The van der Waals surface area contributed by atoms with E-state index in [4.69, 9.17) is 0 Å². The molecule has 1 aliphatic rings. The summed E-state index contributed by atoms with van der Waals surface area (Å²) in [7, 11) is 0. The van der Waals surface area contributed by atoms with Gasteiger partial charge in [0, 0.05) is 12.6 Å². The number of phenolic OH excluding ortho intramolecular Hbond substituents is 1. The van der Waals surface area contributed by atoms with E-state index in [0.717, 1.165) is 25.9 Å². The third-order valence-corrected chi connectivity index (χ3v) is 3.41. The molecule has 3 nitrogen and oxygen atoms in total. The minimum absolute atomic E-state index is 0.214. The summed E-state index contributed by atoms with van der Waals surface area (Å²) in [5.74, 6) is 0.295. The molecule has 1 aromatic carbocycles. The number of nitrogens with zero attached hydrogens (tertiary/aromatic N) is 1. The van der Waals surface area contributed by atoms with Gasteiger partial charge in [-0.15, -0.1) is 0 Å². The van der Waals surface area contributed by atoms with Crippen molar-refractivity contribution in [2.24, 2.45) is 0 Å². The van der Waals surface area contributed by atoms with Gasteiger partial charge in [-0.1, -0.05) is 32.9 Å². The van der Waals surface area contributed by atoms with E-state index in [1.54, 1.807) is 12.1 Å². The zero-order valence-electron chi connectivity index (χ0n) is 11.6. The molecule has 0 saturated carbocycles. The first-order valence-corrected chi connectivity index (χ1v) is 6.90. The van der Waals surface area contributed by atoms with Gasteiger partial charge in [0.1, 0.15) is 5.75 Å². The van der Waals surface area contributed by atoms with Crippen molar-refractivity contribution in [2.45, 2.75) is 45.8 Å². The largest absolute Gasteiger partial charge is 0.508 e. The summed E-state index contributed by atoms with van der Waals surface area (Å²) < 4.78 is 0. The molecule has 18 heavy (non-hydrogen) atoms. The first-order valence-electron chi connectivity index (χ1n) is 6.90. The molecule has 0 aliphatic carbocycles. The van der Waals surface area contributed by atoms with Gasteiger partial charge in [0.15, 0.2) is 0 Å². The zero-order valence-corrected chi connectivity index (χ0v) is 11.6. The Morgan fingerprint density at radius 1 is 1.22 bits per heavy atom. The van der Waals surface area contributed by atoms with E-state index in [1.165, 1.54) is 5.56 Å². The molecule has 1 aliphatic heterocycles. The molecule has 2 rings (SSSR count). The van der Waals surface area contributed by atoms with Gasteiger partial charge in [0.05, 0.1) is 6.10 Å². The normalized spacial score (nSPS) is 23.6. The lowest BCUT2D eigenvalue weighted by atomic mass is 10.0. The fraction of sp³-hybridized carbons (Fsp3) is 0.600. The molecule has 0 radical (unpaired) electrons. The van der Waals surface area contributed by atoms with E-state index < -0.39 is 0 Å². The molecular formula is C15H25NO2. The second kappa shape index (κ2) is 7.39. The van der Waals surface area contributed by atoms with Crippen molar-refractivity contribution in [3.05, 3.63) is 29.8 Å². The molecule has 0 bridgehead atoms. The van der Waals surface area contributed by atoms with Crippen molar-refractivity contribution >= 4 is 0 Å². The number of aliphatic hydroxyl groups is 1. The van der Waals surface area contributed by atoms with Crippen molar-refractivity contribution in [1.29, 1.82) is 0 Å². The van der Waals surface area contributed by atoms with Crippen LogP contribution in [0.5, 0.6) is 5.75 Å². The zero-order chi connectivity index (χ0) is 13.5. The van der Waals surface area contributed by atoms with E-state index in [1.807, 2.05) is 26.0 Å². The maximum atomic E-state index is 9.92. The molecule has 2 atom stereocenters. The van der Waals surface area contributed by atoms with Gasteiger partial charge < -0.3 is 10.2 Å². The van der Waals surface area contributed by atoms with Crippen LogP contribution in [0.15, 0.2) is 24.3 Å². The van der Waals surface area contributed by atoms with Crippen molar-refractivity contribution in [2.75, 3.05) is 13.1 Å². The van der Waals surface area contributed by atoms with Gasteiger partial charge in [-0.25, -0.2) is 0 Å². The Kier molecular flexibility index (Phi) is 6.16. The van der Waals surface area contributed by atoms with Crippen LogP contribution in [0.2, 0.25) is 0 Å². The lowest BCUT2D eigenvalue weighted by molar-refractivity contribution is 0.118. The first-order chi connectivity index (χ1) is 8.70. The van der Waals surface area contributed by atoms with E-state index in [9.17, 15) is 10.2 Å². The maximum absolute atomic E-state index is 9.92. The Morgan fingerprint density at radius 2 is 1.83 bits per heavy atom.